The molecule has 3 heteroatoms. The first kappa shape index (κ1) is 14.4. The Morgan fingerprint density at radius 1 is 1.24 bits per heavy atom. The Hall–Kier alpha value is -1.51. The number of amides is 1. The number of fused-ring (bicyclic) bond motifs is 1. The number of hydrogen-bond acceptors (Lipinski definition) is 2. The Kier molecular flexibility index (Phi) is 4.47. The van der Waals surface area contributed by atoms with E-state index < -0.39 is 0 Å². The third-order valence-corrected chi connectivity index (χ3v) is 4.87. The molecule has 1 amide bonds. The van der Waals surface area contributed by atoms with Crippen LogP contribution in [0.1, 0.15) is 44.6 Å². The summed E-state index contributed by atoms with van der Waals surface area (Å²) < 4.78 is 5.79. The van der Waals surface area contributed by atoms with Crippen LogP contribution in [-0.2, 0) is 11.2 Å². The summed E-state index contributed by atoms with van der Waals surface area (Å²) in [6.45, 7) is 3.45. The molecule has 1 aliphatic heterocycles. The van der Waals surface area contributed by atoms with Crippen LogP contribution in [0.15, 0.2) is 24.3 Å². The molecule has 1 aromatic rings. The number of carbonyl (C=O) groups excluding carboxylic acids is 1. The van der Waals surface area contributed by atoms with E-state index in [1.807, 2.05) is 18.2 Å². The van der Waals surface area contributed by atoms with Gasteiger partial charge in [0.2, 0.25) is 5.91 Å². The minimum absolute atomic E-state index is 0.0122. The van der Waals surface area contributed by atoms with Crippen molar-refractivity contribution >= 4 is 5.91 Å². The number of rotatable bonds is 3. The Bertz CT molecular complexity index is 494. The monoisotopic (exact) mass is 287 g/mol. The quantitative estimate of drug-likeness (QED) is 0.852. The smallest absolute Gasteiger partial charge is 0.229 e. The van der Waals surface area contributed by atoms with E-state index in [-0.39, 0.29) is 5.92 Å². The predicted molar refractivity (Wildman–Crippen MR) is 83.4 cm³/mol. The van der Waals surface area contributed by atoms with Crippen molar-refractivity contribution in [2.24, 2.45) is 5.92 Å². The maximum atomic E-state index is 12.9. The molecule has 1 heterocycles. The van der Waals surface area contributed by atoms with Gasteiger partial charge in [-0.25, -0.2) is 0 Å². The van der Waals surface area contributed by atoms with Crippen LogP contribution >= 0.6 is 0 Å². The molecule has 0 saturated heterocycles. The molecule has 1 atom stereocenters. The number of hydrogen-bond donors (Lipinski definition) is 0. The van der Waals surface area contributed by atoms with Crippen LogP contribution in [0.4, 0.5) is 0 Å². The first-order valence-corrected chi connectivity index (χ1v) is 8.30. The van der Waals surface area contributed by atoms with E-state index in [0.29, 0.717) is 18.6 Å². The third kappa shape index (κ3) is 3.07. The SMILES string of the molecule is CCN(C(=O)C1COc2ccccc2C1)C1CCCCC1. The second-order valence-corrected chi connectivity index (χ2v) is 6.24. The summed E-state index contributed by atoms with van der Waals surface area (Å²) >= 11 is 0. The van der Waals surface area contributed by atoms with Crippen molar-refractivity contribution in [3.8, 4) is 5.75 Å². The number of benzene rings is 1. The van der Waals surface area contributed by atoms with Crippen LogP contribution in [0.3, 0.4) is 0 Å². The Balaban J connectivity index is 1.69. The van der Waals surface area contributed by atoms with Gasteiger partial charge in [-0.1, -0.05) is 37.5 Å². The van der Waals surface area contributed by atoms with Crippen LogP contribution in [0.25, 0.3) is 0 Å². The molecule has 0 aromatic heterocycles. The van der Waals surface area contributed by atoms with Gasteiger partial charge < -0.3 is 9.64 Å². The fourth-order valence-electron chi connectivity index (χ4n) is 3.71. The molecular weight excluding hydrogens is 262 g/mol. The van der Waals surface area contributed by atoms with Crippen LogP contribution in [0.2, 0.25) is 0 Å². The molecule has 0 N–H and O–H groups in total. The highest BCUT2D eigenvalue weighted by molar-refractivity contribution is 5.80. The molecule has 21 heavy (non-hydrogen) atoms. The van der Waals surface area contributed by atoms with E-state index in [2.05, 4.69) is 17.9 Å². The molecule has 0 spiro atoms. The lowest BCUT2D eigenvalue weighted by molar-refractivity contribution is -0.139. The van der Waals surface area contributed by atoms with Crippen molar-refractivity contribution < 1.29 is 9.53 Å². The highest BCUT2D eigenvalue weighted by Gasteiger charge is 2.32. The maximum Gasteiger partial charge on any atom is 0.229 e. The van der Waals surface area contributed by atoms with Crippen LogP contribution in [-0.4, -0.2) is 30.0 Å². The lowest BCUT2D eigenvalue weighted by Crippen LogP contribution is -2.46. The Morgan fingerprint density at radius 3 is 2.76 bits per heavy atom. The molecular formula is C18H25NO2. The normalized spacial score (nSPS) is 22.2. The van der Waals surface area contributed by atoms with Gasteiger partial charge in [0.1, 0.15) is 12.4 Å². The molecule has 3 nitrogen and oxygen atoms in total. The average molecular weight is 287 g/mol. The molecule has 1 aliphatic carbocycles. The molecule has 1 aromatic carbocycles. The highest BCUT2D eigenvalue weighted by Crippen LogP contribution is 2.29. The standard InChI is InChI=1S/C18H25NO2/c1-2-19(16-9-4-3-5-10-16)18(20)15-12-14-8-6-7-11-17(14)21-13-15/h6-8,11,15-16H,2-5,9-10,12-13H2,1H3. The average Bonchev–Trinajstić information content (AvgIpc) is 2.56. The lowest BCUT2D eigenvalue weighted by atomic mass is 9.91. The number of carbonyl (C=O) groups is 1. The lowest BCUT2D eigenvalue weighted by Gasteiger charge is -2.37. The second-order valence-electron chi connectivity index (χ2n) is 6.24. The van der Waals surface area contributed by atoms with Gasteiger partial charge in [0.25, 0.3) is 0 Å². The maximum absolute atomic E-state index is 12.9. The fraction of sp³-hybridized carbons (Fsp3) is 0.611. The summed E-state index contributed by atoms with van der Waals surface area (Å²) in [6.07, 6.45) is 7.00. The number of ether oxygens (including phenoxy) is 1. The van der Waals surface area contributed by atoms with E-state index in [1.54, 1.807) is 0 Å². The van der Waals surface area contributed by atoms with Gasteiger partial charge in [-0.15, -0.1) is 0 Å². The summed E-state index contributed by atoms with van der Waals surface area (Å²) in [4.78, 5) is 15.0. The van der Waals surface area contributed by atoms with Gasteiger partial charge in [0.05, 0.1) is 5.92 Å². The van der Waals surface area contributed by atoms with E-state index in [9.17, 15) is 4.79 Å². The molecule has 0 radical (unpaired) electrons. The van der Waals surface area contributed by atoms with Crippen LogP contribution in [0, 0.1) is 5.92 Å². The topological polar surface area (TPSA) is 29.5 Å². The molecule has 0 bridgehead atoms. The van der Waals surface area contributed by atoms with Gasteiger partial charge in [-0.2, -0.15) is 0 Å². The van der Waals surface area contributed by atoms with E-state index in [4.69, 9.17) is 4.74 Å². The summed E-state index contributed by atoms with van der Waals surface area (Å²) in [6, 6.07) is 8.53. The van der Waals surface area contributed by atoms with Crippen molar-refractivity contribution in [2.75, 3.05) is 13.2 Å². The summed E-state index contributed by atoms with van der Waals surface area (Å²) in [7, 11) is 0. The molecule has 2 aliphatic rings. The third-order valence-electron chi connectivity index (χ3n) is 4.87. The van der Waals surface area contributed by atoms with E-state index >= 15 is 0 Å². The molecule has 3 rings (SSSR count). The number of nitrogens with zero attached hydrogens (tertiary/aromatic N) is 1. The summed E-state index contributed by atoms with van der Waals surface area (Å²) in [5, 5.41) is 0. The zero-order valence-electron chi connectivity index (χ0n) is 12.9. The van der Waals surface area contributed by atoms with E-state index in [0.717, 1.165) is 18.7 Å². The summed E-state index contributed by atoms with van der Waals surface area (Å²) in [5.41, 5.74) is 1.17. The minimum Gasteiger partial charge on any atom is -0.492 e. The van der Waals surface area contributed by atoms with Gasteiger partial charge in [0.15, 0.2) is 0 Å². The van der Waals surface area contributed by atoms with Crippen LogP contribution in [0.5, 0.6) is 5.75 Å². The van der Waals surface area contributed by atoms with Crippen molar-refractivity contribution in [1.29, 1.82) is 0 Å². The van der Waals surface area contributed by atoms with Crippen molar-refractivity contribution in [3.05, 3.63) is 29.8 Å². The van der Waals surface area contributed by atoms with Crippen molar-refractivity contribution in [3.63, 3.8) is 0 Å². The van der Waals surface area contributed by atoms with Gasteiger partial charge >= 0.3 is 0 Å². The molecule has 1 unspecified atom stereocenters. The molecule has 114 valence electrons. The first-order valence-electron chi connectivity index (χ1n) is 8.30. The highest BCUT2D eigenvalue weighted by atomic mass is 16.5. The minimum atomic E-state index is -0.0122. The first-order chi connectivity index (χ1) is 10.3. The molecule has 1 saturated carbocycles. The van der Waals surface area contributed by atoms with Gasteiger partial charge in [0, 0.05) is 12.6 Å². The molecule has 1 fully saturated rings. The Labute approximate surface area is 127 Å². The van der Waals surface area contributed by atoms with Crippen LogP contribution < -0.4 is 4.74 Å². The zero-order chi connectivity index (χ0) is 14.7. The predicted octanol–water partition coefficient (Wildman–Crippen LogP) is 3.42. The second kappa shape index (κ2) is 6.50. The van der Waals surface area contributed by atoms with Gasteiger partial charge in [-0.05, 0) is 37.8 Å². The largest absolute Gasteiger partial charge is 0.492 e. The fourth-order valence-corrected chi connectivity index (χ4v) is 3.71. The summed E-state index contributed by atoms with van der Waals surface area (Å²) in [5.74, 6) is 1.22. The van der Waals surface area contributed by atoms with Crippen molar-refractivity contribution in [2.45, 2.75) is 51.5 Å². The van der Waals surface area contributed by atoms with E-state index in [1.165, 1.54) is 37.7 Å². The van der Waals surface area contributed by atoms with Gasteiger partial charge in [-0.3, -0.25) is 4.79 Å². The Morgan fingerprint density at radius 2 is 2.00 bits per heavy atom. The zero-order valence-corrected chi connectivity index (χ0v) is 12.9. The van der Waals surface area contributed by atoms with Crippen molar-refractivity contribution in [1.82, 2.24) is 4.90 Å². The number of para-hydroxylation sites is 1.